The summed E-state index contributed by atoms with van der Waals surface area (Å²) in [6, 6.07) is 0. The molecule has 157 valence electrons. The fourth-order valence-electron chi connectivity index (χ4n) is 3.00. The molecule has 1 N–H and O–H groups in total. The minimum absolute atomic E-state index is 0. The van der Waals surface area contributed by atoms with E-state index in [1.54, 1.807) is 0 Å². The van der Waals surface area contributed by atoms with Crippen LogP contribution in [0.5, 0.6) is 0 Å². The van der Waals surface area contributed by atoms with Gasteiger partial charge in [-0.3, -0.25) is 9.35 Å². The Kier molecular flexibility index (Phi) is 21.6. The van der Waals surface area contributed by atoms with E-state index in [-0.39, 0.29) is 42.6 Å². The third-order valence-electron chi connectivity index (χ3n) is 4.68. The minimum atomic E-state index is -4.40. The monoisotopic (exact) mass is 415 g/mol. The summed E-state index contributed by atoms with van der Waals surface area (Å²) in [5, 5.41) is -1.43. The molecule has 0 saturated carbocycles. The Bertz CT molecular complexity index is 440. The molecule has 0 aliphatic carbocycles. The van der Waals surface area contributed by atoms with E-state index in [0.29, 0.717) is 6.42 Å². The molecule has 0 amide bonds. The van der Waals surface area contributed by atoms with Crippen molar-refractivity contribution in [1.82, 2.24) is 0 Å². The van der Waals surface area contributed by atoms with Crippen LogP contribution in [0.3, 0.4) is 0 Å². The third-order valence-corrected chi connectivity index (χ3v) is 5.83. The molecule has 0 aromatic rings. The van der Waals surface area contributed by atoms with Crippen molar-refractivity contribution in [2.75, 3.05) is 6.61 Å². The van der Waals surface area contributed by atoms with E-state index in [1.807, 2.05) is 0 Å². The van der Waals surface area contributed by atoms with Crippen molar-refractivity contribution in [3.8, 4) is 0 Å². The molecule has 0 aromatic heterocycles. The number of esters is 1. The Labute approximate surface area is 189 Å². The number of ether oxygens (including phenoxy) is 1. The summed E-state index contributed by atoms with van der Waals surface area (Å²) in [4.78, 5) is 12.0. The van der Waals surface area contributed by atoms with Crippen LogP contribution in [0.2, 0.25) is 0 Å². The quantitative estimate of drug-likeness (QED) is 0.142. The van der Waals surface area contributed by atoms with Crippen LogP contribution in [-0.4, -0.2) is 60.4 Å². The van der Waals surface area contributed by atoms with E-state index in [9.17, 15) is 17.8 Å². The number of hydrogen-bond acceptors (Lipinski definition) is 4. The molecule has 0 saturated heterocycles. The standard InChI is InChI=1S/C20H40O5S.Na/c1-3-5-7-9-10-11-12-13-14-15-17-19(26(22,23)24)20(21)25-18-16-8-6-4-2;/h19H,3-18H2,1-2H3,(H,22,23,24);. The van der Waals surface area contributed by atoms with E-state index in [0.717, 1.165) is 44.9 Å². The van der Waals surface area contributed by atoms with Gasteiger partial charge in [0.2, 0.25) is 0 Å². The summed E-state index contributed by atoms with van der Waals surface area (Å²) in [6.07, 6.45) is 15.3. The Morgan fingerprint density at radius 2 is 1.19 bits per heavy atom. The maximum atomic E-state index is 12.0. The summed E-state index contributed by atoms with van der Waals surface area (Å²) in [5.74, 6) is -0.806. The van der Waals surface area contributed by atoms with Crippen molar-refractivity contribution in [2.45, 2.75) is 115 Å². The maximum Gasteiger partial charge on any atom is 0.326 e. The van der Waals surface area contributed by atoms with Crippen LogP contribution >= 0.6 is 0 Å². The average Bonchev–Trinajstić information content (AvgIpc) is 2.58. The van der Waals surface area contributed by atoms with E-state index >= 15 is 0 Å². The van der Waals surface area contributed by atoms with Gasteiger partial charge in [0.1, 0.15) is 0 Å². The molecule has 0 fully saturated rings. The second kappa shape index (κ2) is 19.7. The predicted octanol–water partition coefficient (Wildman–Crippen LogP) is 5.30. The van der Waals surface area contributed by atoms with Gasteiger partial charge in [-0.25, -0.2) is 0 Å². The topological polar surface area (TPSA) is 80.7 Å². The van der Waals surface area contributed by atoms with Crippen molar-refractivity contribution in [2.24, 2.45) is 0 Å². The molecule has 0 aromatic carbocycles. The van der Waals surface area contributed by atoms with E-state index in [2.05, 4.69) is 13.8 Å². The number of hydrogen-bond donors (Lipinski definition) is 1. The molecule has 0 bridgehead atoms. The number of unbranched alkanes of at least 4 members (excludes halogenated alkanes) is 12. The first-order valence-corrected chi connectivity index (χ1v) is 12.1. The summed E-state index contributed by atoms with van der Waals surface area (Å²) < 4.78 is 37.3. The van der Waals surface area contributed by atoms with Crippen LogP contribution < -0.4 is 0 Å². The van der Waals surface area contributed by atoms with Crippen molar-refractivity contribution in [1.29, 1.82) is 0 Å². The van der Waals surface area contributed by atoms with Crippen LogP contribution in [0, 0.1) is 0 Å². The normalized spacial score (nSPS) is 12.4. The van der Waals surface area contributed by atoms with Crippen LogP contribution in [0.15, 0.2) is 0 Å². The van der Waals surface area contributed by atoms with Crippen molar-refractivity contribution in [3.63, 3.8) is 0 Å². The Morgan fingerprint density at radius 3 is 1.63 bits per heavy atom. The van der Waals surface area contributed by atoms with Gasteiger partial charge in [-0.1, -0.05) is 97.3 Å². The zero-order valence-corrected chi connectivity index (χ0v) is 20.7. The second-order valence-electron chi connectivity index (χ2n) is 7.20. The molecule has 0 rings (SSSR count). The maximum absolute atomic E-state index is 12.0. The Balaban J connectivity index is 0. The molecule has 1 atom stereocenters. The van der Waals surface area contributed by atoms with E-state index in [1.165, 1.54) is 38.5 Å². The Morgan fingerprint density at radius 1 is 0.778 bits per heavy atom. The average molecular weight is 416 g/mol. The first kappa shape index (κ1) is 29.6. The van der Waals surface area contributed by atoms with Crippen LogP contribution in [0.1, 0.15) is 110 Å². The molecule has 1 unspecified atom stereocenters. The van der Waals surface area contributed by atoms with E-state index in [4.69, 9.17) is 4.74 Å². The molecule has 7 heteroatoms. The minimum Gasteiger partial charge on any atom is -0.465 e. The van der Waals surface area contributed by atoms with Gasteiger partial charge < -0.3 is 4.74 Å². The Hall–Kier alpha value is 0.380. The zero-order valence-electron chi connectivity index (χ0n) is 17.9. The first-order valence-electron chi connectivity index (χ1n) is 10.6. The van der Waals surface area contributed by atoms with Crippen molar-refractivity contribution < 1.29 is 22.5 Å². The zero-order chi connectivity index (χ0) is 19.7. The first-order chi connectivity index (χ1) is 12.4. The summed E-state index contributed by atoms with van der Waals surface area (Å²) in [5.41, 5.74) is 0. The molecule has 0 spiro atoms. The fourth-order valence-corrected chi connectivity index (χ4v) is 3.78. The smallest absolute Gasteiger partial charge is 0.326 e. The molecule has 5 nitrogen and oxygen atoms in total. The van der Waals surface area contributed by atoms with Crippen LogP contribution in [-0.2, 0) is 19.6 Å². The van der Waals surface area contributed by atoms with Crippen molar-refractivity contribution in [3.05, 3.63) is 0 Å². The molecule has 0 heterocycles. The van der Waals surface area contributed by atoms with Crippen LogP contribution in [0.25, 0.3) is 0 Å². The summed E-state index contributed by atoms with van der Waals surface area (Å²) in [6.45, 7) is 4.53. The van der Waals surface area contributed by atoms with Gasteiger partial charge in [0.25, 0.3) is 10.1 Å². The molecular formula is C20H40NaO5S. The largest absolute Gasteiger partial charge is 0.465 e. The molecule has 1 radical (unpaired) electrons. The van der Waals surface area contributed by atoms with Gasteiger partial charge in [0.05, 0.1) is 6.61 Å². The molecule has 27 heavy (non-hydrogen) atoms. The summed E-state index contributed by atoms with van der Waals surface area (Å²) in [7, 11) is -4.40. The van der Waals surface area contributed by atoms with Gasteiger partial charge in [-0.15, -0.1) is 0 Å². The van der Waals surface area contributed by atoms with Gasteiger partial charge in [-0.05, 0) is 12.8 Å². The van der Waals surface area contributed by atoms with Crippen molar-refractivity contribution >= 4 is 45.6 Å². The van der Waals surface area contributed by atoms with Gasteiger partial charge in [0.15, 0.2) is 5.25 Å². The third kappa shape index (κ3) is 18.2. The number of carbonyl (C=O) groups is 1. The van der Waals surface area contributed by atoms with Crippen LogP contribution in [0.4, 0.5) is 0 Å². The van der Waals surface area contributed by atoms with Gasteiger partial charge >= 0.3 is 5.97 Å². The van der Waals surface area contributed by atoms with Gasteiger partial charge in [-0.2, -0.15) is 8.42 Å². The molecule has 0 aliphatic rings. The van der Waals surface area contributed by atoms with Gasteiger partial charge in [0, 0.05) is 29.6 Å². The molecular weight excluding hydrogens is 375 g/mol. The van der Waals surface area contributed by atoms with E-state index < -0.39 is 21.3 Å². The second-order valence-corrected chi connectivity index (χ2v) is 8.80. The number of carbonyl (C=O) groups excluding carboxylic acids is 1. The number of rotatable bonds is 18. The molecule has 0 aliphatic heterocycles. The SMILES string of the molecule is CCCCCCCCCCCCC(C(=O)OCCCCCC)S(=O)(=O)O.[Na]. The fraction of sp³-hybridized carbons (Fsp3) is 0.950. The predicted molar refractivity (Wildman–Crippen MR) is 113 cm³/mol. The summed E-state index contributed by atoms with van der Waals surface area (Å²) >= 11 is 0.